The average Bonchev–Trinajstić information content (AvgIpc) is 2.41. The lowest BCUT2D eigenvalue weighted by atomic mass is 10.2. The van der Waals surface area contributed by atoms with E-state index in [1.807, 2.05) is 5.32 Å². The van der Waals surface area contributed by atoms with E-state index in [0.29, 0.717) is 10.4 Å². The quantitative estimate of drug-likeness (QED) is 0.218. The summed E-state index contributed by atoms with van der Waals surface area (Å²) < 4.78 is 0. The molecule has 0 spiro atoms. The maximum absolute atomic E-state index is 11.1. The second-order valence-corrected chi connectivity index (χ2v) is 2.70. The Hall–Kier alpha value is -1.31. The van der Waals surface area contributed by atoms with Crippen LogP contribution in [0, 0.1) is 0 Å². The maximum Gasteiger partial charge on any atom is 0.262 e. The van der Waals surface area contributed by atoms with Gasteiger partial charge in [-0.3, -0.25) is 19.7 Å². The van der Waals surface area contributed by atoms with Gasteiger partial charge in [0.25, 0.3) is 11.8 Å². The van der Waals surface area contributed by atoms with Crippen molar-refractivity contribution < 1.29 is 19.2 Å². The summed E-state index contributed by atoms with van der Waals surface area (Å²) in [6.45, 7) is -0.240. The standard InChI is InChI=1S/C6H8N2O4Si/c9-4(2-12-8-13)3-1-5(10)7-6(3)11/h1,8H,2H2,13H3,(H,7,10,11). The molecule has 1 aliphatic rings. The highest BCUT2D eigenvalue weighted by atomic mass is 28.2. The minimum atomic E-state index is -0.660. The molecule has 0 atom stereocenters. The number of nitrogens with one attached hydrogen (secondary N) is 2. The Morgan fingerprint density at radius 1 is 1.62 bits per heavy atom. The summed E-state index contributed by atoms with van der Waals surface area (Å²) in [5.74, 6) is -1.73. The van der Waals surface area contributed by atoms with E-state index in [1.54, 1.807) is 0 Å². The summed E-state index contributed by atoms with van der Waals surface area (Å²) in [4.78, 5) is 37.3. The lowest BCUT2D eigenvalue weighted by Crippen LogP contribution is -2.26. The van der Waals surface area contributed by atoms with Crippen LogP contribution in [0.1, 0.15) is 0 Å². The molecule has 1 rings (SSSR count). The zero-order valence-corrected chi connectivity index (χ0v) is 8.92. The molecule has 0 saturated heterocycles. The molecular formula is C6H8N2O4Si. The summed E-state index contributed by atoms with van der Waals surface area (Å²) in [6.07, 6.45) is 0.973. The molecule has 7 heteroatoms. The molecule has 70 valence electrons. The maximum atomic E-state index is 11.1. The van der Waals surface area contributed by atoms with Crippen LogP contribution in [0.2, 0.25) is 0 Å². The van der Waals surface area contributed by atoms with Crippen LogP contribution in [-0.2, 0) is 19.2 Å². The van der Waals surface area contributed by atoms with Crippen LogP contribution >= 0.6 is 0 Å². The van der Waals surface area contributed by atoms with Crippen molar-refractivity contribution in [2.45, 2.75) is 0 Å². The van der Waals surface area contributed by atoms with Gasteiger partial charge in [-0.1, -0.05) is 0 Å². The molecule has 2 amide bonds. The van der Waals surface area contributed by atoms with Crippen molar-refractivity contribution in [3.63, 3.8) is 0 Å². The zero-order valence-electron chi connectivity index (χ0n) is 6.92. The Morgan fingerprint density at radius 2 is 2.31 bits per heavy atom. The molecule has 6 nitrogen and oxygen atoms in total. The molecule has 0 bridgehead atoms. The molecule has 0 radical (unpaired) electrons. The van der Waals surface area contributed by atoms with Gasteiger partial charge in [-0.05, 0) is 0 Å². The van der Waals surface area contributed by atoms with Gasteiger partial charge < -0.3 is 4.84 Å². The van der Waals surface area contributed by atoms with E-state index >= 15 is 0 Å². The Morgan fingerprint density at radius 3 is 2.77 bits per heavy atom. The summed E-state index contributed by atoms with van der Waals surface area (Å²) in [5.41, 5.74) is -0.151. The van der Waals surface area contributed by atoms with Gasteiger partial charge in [0.1, 0.15) is 17.0 Å². The largest absolute Gasteiger partial charge is 0.302 e. The monoisotopic (exact) mass is 200 g/mol. The van der Waals surface area contributed by atoms with Gasteiger partial charge in [0.15, 0.2) is 5.78 Å². The number of carbonyl (C=O) groups is 3. The fraction of sp³-hybridized carbons (Fsp3) is 0.167. The third-order valence-electron chi connectivity index (χ3n) is 1.40. The van der Waals surface area contributed by atoms with Crippen molar-refractivity contribution in [1.82, 2.24) is 10.5 Å². The smallest absolute Gasteiger partial charge is 0.262 e. The molecular weight excluding hydrogens is 192 g/mol. The minimum absolute atomic E-state index is 0.151. The number of amides is 2. The highest BCUT2D eigenvalue weighted by molar-refractivity contribution is 6.30. The van der Waals surface area contributed by atoms with Gasteiger partial charge in [-0.25, -0.2) is 5.15 Å². The topological polar surface area (TPSA) is 84.5 Å². The van der Waals surface area contributed by atoms with Crippen LogP contribution < -0.4 is 10.5 Å². The summed E-state index contributed by atoms with van der Waals surface area (Å²) >= 11 is 0. The normalized spacial score (nSPS) is 15.8. The Kier molecular flexibility index (Phi) is 3.06. The van der Waals surface area contributed by atoms with Gasteiger partial charge in [-0.15, -0.1) is 0 Å². The summed E-state index contributed by atoms with van der Waals surface area (Å²) in [6, 6.07) is 0. The van der Waals surface area contributed by atoms with Crippen LogP contribution in [0.4, 0.5) is 0 Å². The van der Waals surface area contributed by atoms with Crippen molar-refractivity contribution in [2.24, 2.45) is 0 Å². The van der Waals surface area contributed by atoms with Crippen LogP contribution in [-0.4, -0.2) is 34.6 Å². The molecule has 2 N–H and O–H groups in total. The second kappa shape index (κ2) is 4.08. The van der Waals surface area contributed by atoms with E-state index in [1.165, 1.54) is 0 Å². The van der Waals surface area contributed by atoms with E-state index in [0.717, 1.165) is 6.08 Å². The number of ketones is 1. The first-order valence-electron chi connectivity index (χ1n) is 3.54. The van der Waals surface area contributed by atoms with E-state index in [9.17, 15) is 14.4 Å². The molecule has 1 aliphatic heterocycles. The molecule has 0 aliphatic carbocycles. The number of imide groups is 1. The van der Waals surface area contributed by atoms with E-state index in [-0.39, 0.29) is 12.2 Å². The molecule has 0 saturated carbocycles. The lowest BCUT2D eigenvalue weighted by Gasteiger charge is -1.99. The Balaban J connectivity index is 2.61. The van der Waals surface area contributed by atoms with Crippen molar-refractivity contribution >= 4 is 28.0 Å². The fourth-order valence-electron chi connectivity index (χ4n) is 0.835. The number of Topliss-reactive ketones (excluding diaryl/α,β-unsaturated/α-hetero) is 1. The highest BCUT2D eigenvalue weighted by Crippen LogP contribution is 2.03. The second-order valence-electron chi connectivity index (χ2n) is 2.29. The zero-order chi connectivity index (χ0) is 9.84. The van der Waals surface area contributed by atoms with Crippen molar-refractivity contribution in [3.05, 3.63) is 11.6 Å². The SMILES string of the molecule is O=C1C=C(C(=O)CON[SiH3])C(=O)N1. The minimum Gasteiger partial charge on any atom is -0.302 e. The molecule has 0 unspecified atom stereocenters. The number of hydrogen-bond donors (Lipinski definition) is 2. The Labute approximate surface area is 76.8 Å². The van der Waals surface area contributed by atoms with Gasteiger partial charge in [0, 0.05) is 6.08 Å². The van der Waals surface area contributed by atoms with Gasteiger partial charge in [-0.2, -0.15) is 0 Å². The molecule has 1 heterocycles. The highest BCUT2D eigenvalue weighted by Gasteiger charge is 2.26. The predicted molar refractivity (Wildman–Crippen MR) is 45.3 cm³/mol. The third-order valence-corrected chi connectivity index (χ3v) is 1.69. The van der Waals surface area contributed by atoms with E-state index in [2.05, 4.69) is 9.98 Å². The first kappa shape index (κ1) is 9.77. The molecule has 0 aromatic heterocycles. The van der Waals surface area contributed by atoms with Crippen LogP contribution in [0.5, 0.6) is 0 Å². The number of hydrogen-bond acceptors (Lipinski definition) is 5. The predicted octanol–water partition coefficient (Wildman–Crippen LogP) is -3.06. The lowest BCUT2D eigenvalue weighted by molar-refractivity contribution is -0.126. The first-order chi connectivity index (χ1) is 6.15. The number of rotatable bonds is 4. The summed E-state index contributed by atoms with van der Waals surface area (Å²) in [7, 11) is 0.588. The first-order valence-corrected chi connectivity index (χ1v) is 4.54. The Bertz CT molecular complexity index is 299. The molecule has 0 fully saturated rings. The molecule has 13 heavy (non-hydrogen) atoms. The van der Waals surface area contributed by atoms with Crippen molar-refractivity contribution in [2.75, 3.05) is 6.61 Å². The van der Waals surface area contributed by atoms with Gasteiger partial charge in [0.2, 0.25) is 0 Å². The van der Waals surface area contributed by atoms with Gasteiger partial charge in [0.05, 0.1) is 5.57 Å². The summed E-state index contributed by atoms with van der Waals surface area (Å²) in [5, 5.41) is 4.39. The van der Waals surface area contributed by atoms with Crippen LogP contribution in [0.3, 0.4) is 0 Å². The van der Waals surface area contributed by atoms with E-state index in [4.69, 9.17) is 0 Å². The number of carbonyl (C=O) groups excluding carboxylic acids is 3. The van der Waals surface area contributed by atoms with Crippen molar-refractivity contribution in [1.29, 1.82) is 0 Å². The van der Waals surface area contributed by atoms with Gasteiger partial charge >= 0.3 is 0 Å². The van der Waals surface area contributed by atoms with Crippen molar-refractivity contribution in [3.8, 4) is 0 Å². The fourth-order valence-corrected chi connectivity index (χ4v) is 0.979. The van der Waals surface area contributed by atoms with E-state index < -0.39 is 17.6 Å². The van der Waals surface area contributed by atoms with Crippen LogP contribution in [0.25, 0.3) is 0 Å². The van der Waals surface area contributed by atoms with Crippen LogP contribution in [0.15, 0.2) is 11.6 Å². The average molecular weight is 200 g/mol. The third kappa shape index (κ3) is 2.31. The molecule has 0 aromatic rings. The molecule has 0 aromatic carbocycles.